The standard InChI is InChI=1S/C11H10ClN3O2S/c12-10-4-5-14-7-11(10)15-18(16,17)9-3-1-2-8(13)6-9/h1-7,15H,13H2. The number of sulfonamides is 1. The van der Waals surface area contributed by atoms with Crippen LogP contribution in [-0.4, -0.2) is 13.4 Å². The monoisotopic (exact) mass is 283 g/mol. The van der Waals surface area contributed by atoms with Crippen LogP contribution in [0.15, 0.2) is 47.6 Å². The summed E-state index contributed by atoms with van der Waals surface area (Å²) in [5, 5.41) is 0.275. The zero-order valence-corrected chi connectivity index (χ0v) is 10.7. The number of benzene rings is 1. The molecule has 0 unspecified atom stereocenters. The molecule has 0 amide bonds. The third kappa shape index (κ3) is 2.72. The Morgan fingerprint density at radius 2 is 2.06 bits per heavy atom. The number of pyridine rings is 1. The minimum atomic E-state index is -3.71. The summed E-state index contributed by atoms with van der Waals surface area (Å²) >= 11 is 5.86. The molecular weight excluding hydrogens is 274 g/mol. The number of rotatable bonds is 3. The first-order chi connectivity index (χ1) is 8.49. The first-order valence-electron chi connectivity index (χ1n) is 4.97. The molecule has 0 saturated heterocycles. The second-order valence-electron chi connectivity index (χ2n) is 3.53. The number of hydrogen-bond acceptors (Lipinski definition) is 4. The van der Waals surface area contributed by atoms with Crippen LogP contribution in [0.4, 0.5) is 11.4 Å². The van der Waals surface area contributed by atoms with E-state index in [1.165, 1.54) is 30.6 Å². The molecule has 0 aliphatic carbocycles. The molecule has 1 heterocycles. The minimum Gasteiger partial charge on any atom is -0.399 e. The van der Waals surface area contributed by atoms with Gasteiger partial charge in [0.1, 0.15) is 0 Å². The van der Waals surface area contributed by atoms with Crippen molar-refractivity contribution in [2.45, 2.75) is 4.90 Å². The predicted octanol–water partition coefficient (Wildman–Crippen LogP) is 2.12. The first-order valence-corrected chi connectivity index (χ1v) is 6.83. The van der Waals surface area contributed by atoms with Crippen molar-refractivity contribution < 1.29 is 8.42 Å². The number of nitrogens with zero attached hydrogens (tertiary/aromatic N) is 1. The van der Waals surface area contributed by atoms with Crippen LogP contribution in [0.5, 0.6) is 0 Å². The molecule has 1 aromatic carbocycles. The lowest BCUT2D eigenvalue weighted by atomic mass is 10.3. The fraction of sp³-hybridized carbons (Fsp3) is 0. The van der Waals surface area contributed by atoms with Crippen molar-refractivity contribution in [2.24, 2.45) is 0 Å². The average molecular weight is 284 g/mol. The third-order valence-electron chi connectivity index (χ3n) is 2.18. The van der Waals surface area contributed by atoms with Gasteiger partial charge >= 0.3 is 0 Å². The fourth-order valence-corrected chi connectivity index (χ4v) is 2.67. The molecule has 7 heteroatoms. The van der Waals surface area contributed by atoms with Gasteiger partial charge in [0.15, 0.2) is 0 Å². The van der Waals surface area contributed by atoms with E-state index in [-0.39, 0.29) is 15.6 Å². The highest BCUT2D eigenvalue weighted by Gasteiger charge is 2.15. The molecule has 2 aromatic rings. The lowest BCUT2D eigenvalue weighted by Gasteiger charge is -2.09. The third-order valence-corrected chi connectivity index (χ3v) is 3.87. The number of hydrogen-bond donors (Lipinski definition) is 2. The van der Waals surface area contributed by atoms with E-state index in [1.54, 1.807) is 12.1 Å². The topological polar surface area (TPSA) is 85.1 Å². The largest absolute Gasteiger partial charge is 0.399 e. The van der Waals surface area contributed by atoms with Crippen molar-refractivity contribution in [1.82, 2.24) is 4.98 Å². The van der Waals surface area contributed by atoms with Gasteiger partial charge in [0, 0.05) is 11.9 Å². The van der Waals surface area contributed by atoms with Gasteiger partial charge in [-0.15, -0.1) is 0 Å². The van der Waals surface area contributed by atoms with Crippen LogP contribution in [-0.2, 0) is 10.0 Å². The van der Waals surface area contributed by atoms with Crippen molar-refractivity contribution >= 4 is 33.0 Å². The highest BCUT2D eigenvalue weighted by molar-refractivity contribution is 7.92. The number of nitrogen functional groups attached to an aromatic ring is 1. The van der Waals surface area contributed by atoms with Crippen molar-refractivity contribution in [2.75, 3.05) is 10.5 Å². The molecule has 3 N–H and O–H groups in total. The summed E-state index contributed by atoms with van der Waals surface area (Å²) in [7, 11) is -3.71. The number of nitrogens with two attached hydrogens (primary N) is 1. The number of halogens is 1. The van der Waals surface area contributed by atoms with Crippen molar-refractivity contribution in [3.05, 3.63) is 47.7 Å². The average Bonchev–Trinajstić information content (AvgIpc) is 2.32. The van der Waals surface area contributed by atoms with Crippen molar-refractivity contribution in [1.29, 1.82) is 0 Å². The molecule has 0 spiro atoms. The highest BCUT2D eigenvalue weighted by Crippen LogP contribution is 2.23. The fourth-order valence-electron chi connectivity index (χ4n) is 1.34. The summed E-state index contributed by atoms with van der Waals surface area (Å²) in [5.74, 6) is 0. The second kappa shape index (κ2) is 4.83. The van der Waals surface area contributed by atoms with E-state index >= 15 is 0 Å². The first kappa shape index (κ1) is 12.7. The Morgan fingerprint density at radius 1 is 1.28 bits per heavy atom. The maximum atomic E-state index is 12.1. The second-order valence-corrected chi connectivity index (χ2v) is 5.62. The van der Waals surface area contributed by atoms with Gasteiger partial charge in [-0.1, -0.05) is 17.7 Å². The molecule has 0 aliphatic rings. The molecule has 0 fully saturated rings. The molecule has 5 nitrogen and oxygen atoms in total. The van der Waals surface area contributed by atoms with Crippen LogP contribution in [0.2, 0.25) is 5.02 Å². The van der Waals surface area contributed by atoms with Crippen LogP contribution in [0.1, 0.15) is 0 Å². The summed E-state index contributed by atoms with van der Waals surface area (Å²) in [6.07, 6.45) is 2.81. The lowest BCUT2D eigenvalue weighted by molar-refractivity contribution is 0.601. The van der Waals surface area contributed by atoms with Gasteiger partial charge in [0.25, 0.3) is 10.0 Å². The highest BCUT2D eigenvalue weighted by atomic mass is 35.5. The smallest absolute Gasteiger partial charge is 0.262 e. The Balaban J connectivity index is 2.37. The van der Waals surface area contributed by atoms with E-state index in [0.717, 1.165) is 0 Å². The van der Waals surface area contributed by atoms with E-state index in [9.17, 15) is 8.42 Å². The van der Waals surface area contributed by atoms with Crippen LogP contribution in [0, 0.1) is 0 Å². The Kier molecular flexibility index (Phi) is 3.40. The maximum Gasteiger partial charge on any atom is 0.262 e. The zero-order valence-electron chi connectivity index (χ0n) is 9.17. The molecule has 0 radical (unpaired) electrons. The molecule has 2 rings (SSSR count). The van der Waals surface area contributed by atoms with Gasteiger partial charge in [-0.3, -0.25) is 9.71 Å². The summed E-state index contributed by atoms with van der Waals surface area (Å²) in [6.45, 7) is 0. The maximum absolute atomic E-state index is 12.1. The van der Waals surface area contributed by atoms with Crippen molar-refractivity contribution in [3.63, 3.8) is 0 Å². The normalized spacial score (nSPS) is 11.2. The van der Waals surface area contributed by atoms with Crippen LogP contribution < -0.4 is 10.5 Å². The van der Waals surface area contributed by atoms with Gasteiger partial charge in [-0.05, 0) is 24.3 Å². The van der Waals surface area contributed by atoms with Gasteiger partial charge < -0.3 is 5.73 Å². The SMILES string of the molecule is Nc1cccc(S(=O)(=O)Nc2cnccc2Cl)c1. The number of aromatic nitrogens is 1. The molecule has 18 heavy (non-hydrogen) atoms. The summed E-state index contributed by atoms with van der Waals surface area (Å²) in [5.41, 5.74) is 6.14. The Labute approximate surface area is 110 Å². The Morgan fingerprint density at radius 3 is 2.72 bits per heavy atom. The Hall–Kier alpha value is -1.79. The van der Waals surface area contributed by atoms with Gasteiger partial charge in [0.05, 0.1) is 21.8 Å². The van der Waals surface area contributed by atoms with E-state index in [1.807, 2.05) is 0 Å². The van der Waals surface area contributed by atoms with E-state index in [4.69, 9.17) is 17.3 Å². The summed E-state index contributed by atoms with van der Waals surface area (Å²) in [6, 6.07) is 7.49. The van der Waals surface area contributed by atoms with Crippen LogP contribution in [0.25, 0.3) is 0 Å². The Bertz CT molecular complexity index is 673. The van der Waals surface area contributed by atoms with Gasteiger partial charge in [-0.2, -0.15) is 0 Å². The molecule has 0 aliphatic heterocycles. The molecule has 0 bridgehead atoms. The molecule has 94 valence electrons. The summed E-state index contributed by atoms with van der Waals surface area (Å²) in [4.78, 5) is 3.88. The number of nitrogens with one attached hydrogen (secondary N) is 1. The van der Waals surface area contributed by atoms with Crippen molar-refractivity contribution in [3.8, 4) is 0 Å². The van der Waals surface area contributed by atoms with Crippen LogP contribution >= 0.6 is 11.6 Å². The summed E-state index contributed by atoms with van der Waals surface area (Å²) < 4.78 is 26.5. The predicted molar refractivity (Wildman–Crippen MR) is 70.9 cm³/mol. The number of anilines is 2. The van der Waals surface area contributed by atoms with E-state index in [2.05, 4.69) is 9.71 Å². The molecular formula is C11H10ClN3O2S. The van der Waals surface area contributed by atoms with Gasteiger partial charge in [-0.25, -0.2) is 8.42 Å². The quantitative estimate of drug-likeness (QED) is 0.845. The van der Waals surface area contributed by atoms with Gasteiger partial charge in [0.2, 0.25) is 0 Å². The minimum absolute atomic E-state index is 0.0717. The van der Waals surface area contributed by atoms with E-state index < -0.39 is 10.0 Å². The van der Waals surface area contributed by atoms with E-state index in [0.29, 0.717) is 5.69 Å². The molecule has 0 saturated carbocycles. The zero-order chi connectivity index (χ0) is 13.2. The molecule has 0 atom stereocenters. The molecule has 1 aromatic heterocycles. The van der Waals surface area contributed by atoms with Crippen LogP contribution in [0.3, 0.4) is 0 Å². The lowest BCUT2D eigenvalue weighted by Crippen LogP contribution is -2.13.